The first kappa shape index (κ1) is 24.2. The second kappa shape index (κ2) is 9.77. The Morgan fingerprint density at radius 1 is 1.09 bits per heavy atom. The van der Waals surface area contributed by atoms with E-state index in [4.69, 9.17) is 25.8 Å². The average Bonchev–Trinajstić information content (AvgIpc) is 2.87. The molecule has 0 amide bonds. The highest BCUT2D eigenvalue weighted by molar-refractivity contribution is 6.31. The minimum absolute atomic E-state index is 0.126. The number of benzene rings is 3. The van der Waals surface area contributed by atoms with E-state index in [9.17, 15) is 10.1 Å². The predicted octanol–water partition coefficient (Wildman–Crippen LogP) is 5.80. The molecule has 1 aliphatic heterocycles. The van der Waals surface area contributed by atoms with Crippen molar-refractivity contribution in [3.63, 3.8) is 0 Å². The molecule has 0 saturated carbocycles. The molecule has 0 bridgehead atoms. The first-order chi connectivity index (χ1) is 16.9. The summed E-state index contributed by atoms with van der Waals surface area (Å²) in [6.07, 6.45) is 0. The number of esters is 1. The molecule has 0 aliphatic carbocycles. The van der Waals surface area contributed by atoms with E-state index in [2.05, 4.69) is 11.4 Å². The van der Waals surface area contributed by atoms with Crippen LogP contribution in [0.3, 0.4) is 0 Å². The molecule has 0 aromatic heterocycles. The van der Waals surface area contributed by atoms with E-state index in [0.717, 1.165) is 16.9 Å². The zero-order valence-corrected chi connectivity index (χ0v) is 20.7. The van der Waals surface area contributed by atoms with Crippen molar-refractivity contribution in [1.82, 2.24) is 0 Å². The van der Waals surface area contributed by atoms with Gasteiger partial charge in [0, 0.05) is 10.7 Å². The summed E-state index contributed by atoms with van der Waals surface area (Å²) in [5.74, 6) is 0.325. The Balaban J connectivity index is 2.06. The van der Waals surface area contributed by atoms with Crippen molar-refractivity contribution < 1.29 is 19.0 Å². The van der Waals surface area contributed by atoms with E-state index in [-0.39, 0.29) is 6.61 Å². The van der Waals surface area contributed by atoms with Crippen molar-refractivity contribution in [2.24, 2.45) is 0 Å². The lowest BCUT2D eigenvalue weighted by Gasteiger charge is -2.47. The number of aryl methyl sites for hydroxylation is 1. The van der Waals surface area contributed by atoms with Gasteiger partial charge in [0.2, 0.25) is 5.54 Å². The molecule has 180 valence electrons. The van der Waals surface area contributed by atoms with Crippen molar-refractivity contribution >= 4 is 34.6 Å². The molecule has 8 heteroatoms. The third kappa shape index (κ3) is 4.22. The van der Waals surface area contributed by atoms with Crippen molar-refractivity contribution in [2.45, 2.75) is 25.4 Å². The van der Waals surface area contributed by atoms with Crippen molar-refractivity contribution in [3.05, 3.63) is 76.8 Å². The van der Waals surface area contributed by atoms with Gasteiger partial charge in [-0.05, 0) is 61.9 Å². The molecule has 0 saturated heterocycles. The standard InChI is InChI=1S/C27H26ClN3O4/c1-5-35-26(32)27(16-29)25(18-8-13-23(33-3)24(14-18)34-4)31(20-10-6-17(2)7-11-20)22-15-19(28)9-12-21(22)30-27/h6-15,25,30H,5H2,1-4H3. The van der Waals surface area contributed by atoms with Crippen LogP contribution in [0.15, 0.2) is 60.7 Å². The van der Waals surface area contributed by atoms with Crippen molar-refractivity contribution in [1.29, 1.82) is 5.26 Å². The molecule has 3 aromatic rings. The third-order valence-corrected chi connectivity index (χ3v) is 6.26. The summed E-state index contributed by atoms with van der Waals surface area (Å²) in [6.45, 7) is 3.83. The molecule has 1 aliphatic rings. The molecule has 35 heavy (non-hydrogen) atoms. The molecule has 0 spiro atoms. The van der Waals surface area contributed by atoms with Gasteiger partial charge in [0.1, 0.15) is 12.1 Å². The maximum atomic E-state index is 13.5. The summed E-state index contributed by atoms with van der Waals surface area (Å²) in [6, 6.07) is 19.9. The van der Waals surface area contributed by atoms with Gasteiger partial charge in [-0.15, -0.1) is 0 Å². The van der Waals surface area contributed by atoms with Gasteiger partial charge >= 0.3 is 5.97 Å². The van der Waals surface area contributed by atoms with Gasteiger partial charge in [-0.1, -0.05) is 35.4 Å². The van der Waals surface area contributed by atoms with Crippen LogP contribution in [0.1, 0.15) is 24.1 Å². The molecule has 3 aromatic carbocycles. The molecule has 0 radical (unpaired) electrons. The number of carbonyl (C=O) groups excluding carboxylic acids is 1. The largest absolute Gasteiger partial charge is 0.493 e. The topological polar surface area (TPSA) is 83.8 Å². The zero-order chi connectivity index (χ0) is 25.2. The van der Waals surface area contributed by atoms with Crippen LogP contribution in [0, 0.1) is 18.3 Å². The van der Waals surface area contributed by atoms with Gasteiger partial charge in [0.25, 0.3) is 0 Å². The highest BCUT2D eigenvalue weighted by Crippen LogP contribution is 2.51. The number of nitriles is 1. The van der Waals surface area contributed by atoms with E-state index in [1.807, 2.05) is 48.2 Å². The fourth-order valence-corrected chi connectivity index (χ4v) is 4.55. The van der Waals surface area contributed by atoms with Gasteiger partial charge in [0.05, 0.1) is 32.2 Å². The van der Waals surface area contributed by atoms with Crippen LogP contribution in [-0.4, -0.2) is 32.3 Å². The van der Waals surface area contributed by atoms with Gasteiger partial charge in [-0.3, -0.25) is 0 Å². The number of methoxy groups -OCH3 is 2. The lowest BCUT2D eigenvalue weighted by molar-refractivity contribution is -0.147. The van der Waals surface area contributed by atoms with Crippen LogP contribution in [0.5, 0.6) is 11.5 Å². The molecule has 7 nitrogen and oxygen atoms in total. The summed E-state index contributed by atoms with van der Waals surface area (Å²) < 4.78 is 16.4. The monoisotopic (exact) mass is 491 g/mol. The molecular weight excluding hydrogens is 466 g/mol. The predicted molar refractivity (Wildman–Crippen MR) is 136 cm³/mol. The van der Waals surface area contributed by atoms with E-state index in [1.54, 1.807) is 38.3 Å². The van der Waals surface area contributed by atoms with Crippen LogP contribution >= 0.6 is 11.6 Å². The Labute approximate surface area is 209 Å². The van der Waals surface area contributed by atoms with Gasteiger partial charge in [0.15, 0.2) is 11.5 Å². The number of rotatable bonds is 6. The fourth-order valence-electron chi connectivity index (χ4n) is 4.38. The lowest BCUT2D eigenvalue weighted by Crippen LogP contribution is -2.58. The number of hydrogen-bond donors (Lipinski definition) is 1. The number of anilines is 3. The fraction of sp³-hybridized carbons (Fsp3) is 0.259. The Kier molecular flexibility index (Phi) is 6.77. The first-order valence-electron chi connectivity index (χ1n) is 11.1. The Morgan fingerprint density at radius 3 is 2.43 bits per heavy atom. The van der Waals surface area contributed by atoms with Crippen LogP contribution in [0.2, 0.25) is 5.02 Å². The van der Waals surface area contributed by atoms with Gasteiger partial charge in [-0.2, -0.15) is 5.26 Å². The summed E-state index contributed by atoms with van der Waals surface area (Å²) in [5, 5.41) is 14.3. The van der Waals surface area contributed by atoms with Crippen molar-refractivity contribution in [2.75, 3.05) is 31.0 Å². The normalized spacial score (nSPS) is 18.6. The van der Waals surface area contributed by atoms with Gasteiger partial charge < -0.3 is 24.4 Å². The van der Waals surface area contributed by atoms with Crippen LogP contribution in [0.25, 0.3) is 0 Å². The smallest absolute Gasteiger partial charge is 0.349 e. The average molecular weight is 492 g/mol. The minimum Gasteiger partial charge on any atom is -0.493 e. The highest BCUT2D eigenvalue weighted by Gasteiger charge is 2.55. The number of halogens is 1. The maximum absolute atomic E-state index is 13.5. The molecule has 1 N–H and O–H groups in total. The number of nitrogens with one attached hydrogen (secondary N) is 1. The minimum atomic E-state index is -1.78. The summed E-state index contributed by atoms with van der Waals surface area (Å²) in [7, 11) is 3.09. The zero-order valence-electron chi connectivity index (χ0n) is 20.0. The number of hydrogen-bond acceptors (Lipinski definition) is 7. The second-order valence-corrected chi connectivity index (χ2v) is 8.59. The van der Waals surface area contributed by atoms with Gasteiger partial charge in [-0.25, -0.2) is 4.79 Å². The van der Waals surface area contributed by atoms with Crippen LogP contribution in [0.4, 0.5) is 17.1 Å². The van der Waals surface area contributed by atoms with Crippen LogP contribution in [-0.2, 0) is 9.53 Å². The quantitative estimate of drug-likeness (QED) is 0.436. The molecule has 4 rings (SSSR count). The maximum Gasteiger partial charge on any atom is 0.349 e. The van der Waals surface area contributed by atoms with E-state index >= 15 is 0 Å². The summed E-state index contributed by atoms with van der Waals surface area (Å²) in [5.41, 5.74) is 2.04. The van der Waals surface area contributed by atoms with Crippen molar-refractivity contribution in [3.8, 4) is 17.6 Å². The molecule has 1 heterocycles. The molecular formula is C27H26ClN3O4. The molecule has 2 unspecified atom stereocenters. The third-order valence-electron chi connectivity index (χ3n) is 6.03. The number of carbonyl (C=O) groups is 1. The summed E-state index contributed by atoms with van der Waals surface area (Å²) >= 11 is 6.41. The van der Waals surface area contributed by atoms with E-state index in [1.165, 1.54) is 7.11 Å². The number of ether oxygens (including phenoxy) is 3. The summed E-state index contributed by atoms with van der Waals surface area (Å²) in [4.78, 5) is 15.4. The van der Waals surface area contributed by atoms with Crippen LogP contribution < -0.4 is 19.7 Å². The molecule has 0 fully saturated rings. The molecule has 2 atom stereocenters. The Morgan fingerprint density at radius 2 is 1.80 bits per heavy atom. The SMILES string of the molecule is CCOC(=O)C1(C#N)Nc2ccc(Cl)cc2N(c2ccc(C)cc2)C1c1ccc(OC)c(OC)c1. The number of fused-ring (bicyclic) bond motifs is 1. The number of nitrogens with zero attached hydrogens (tertiary/aromatic N) is 2. The highest BCUT2D eigenvalue weighted by atomic mass is 35.5. The Bertz CT molecular complexity index is 1290. The van der Waals surface area contributed by atoms with E-state index < -0.39 is 17.6 Å². The Hall–Kier alpha value is -3.89. The lowest BCUT2D eigenvalue weighted by atomic mass is 9.81. The first-order valence-corrected chi connectivity index (χ1v) is 11.5. The second-order valence-electron chi connectivity index (χ2n) is 8.15. The van der Waals surface area contributed by atoms with E-state index in [0.29, 0.717) is 27.8 Å².